The molecular weight excluding hydrogens is 732 g/mol. The fraction of sp³-hybridized carbons (Fsp3) is 0.353. The molecule has 6 rings (SSSR count). The van der Waals surface area contributed by atoms with E-state index >= 15 is 0 Å². The number of anilines is 2. The molecule has 4 aromatic heterocycles. The molecular formula is C34H34F8N10O2. The van der Waals surface area contributed by atoms with Gasteiger partial charge >= 0.3 is 12.4 Å². The number of benzene rings is 2. The largest absolute Gasteiger partial charge is 0.419 e. The summed E-state index contributed by atoms with van der Waals surface area (Å²) in [6, 6.07) is 6.52. The van der Waals surface area contributed by atoms with Crippen LogP contribution in [0, 0.1) is 25.5 Å². The Morgan fingerprint density at radius 2 is 0.944 bits per heavy atom. The zero-order chi connectivity index (χ0) is 40.0. The quantitative estimate of drug-likeness (QED) is 0.119. The predicted octanol–water partition coefficient (Wildman–Crippen LogP) is 7.03. The third kappa shape index (κ3) is 8.82. The van der Waals surface area contributed by atoms with Crippen LogP contribution in [0.4, 0.5) is 47.0 Å². The van der Waals surface area contributed by atoms with Gasteiger partial charge in [0, 0.05) is 23.5 Å². The summed E-state index contributed by atoms with van der Waals surface area (Å²) in [6.45, 7) is 9.28. The van der Waals surface area contributed by atoms with Gasteiger partial charge in [-0.15, -0.1) is 0 Å². The third-order valence-electron chi connectivity index (χ3n) is 8.01. The average molecular weight is 767 g/mol. The Labute approximate surface area is 301 Å². The van der Waals surface area contributed by atoms with Gasteiger partial charge < -0.3 is 20.8 Å². The summed E-state index contributed by atoms with van der Waals surface area (Å²) in [7, 11) is 0. The number of fused-ring (bicyclic) bond motifs is 2. The van der Waals surface area contributed by atoms with Crippen LogP contribution < -0.4 is 10.6 Å². The Kier molecular flexibility index (Phi) is 10.6. The van der Waals surface area contributed by atoms with Gasteiger partial charge in [0.15, 0.2) is 11.3 Å². The van der Waals surface area contributed by atoms with E-state index in [0.717, 1.165) is 24.3 Å². The molecule has 0 radical (unpaired) electrons. The molecule has 0 bridgehead atoms. The van der Waals surface area contributed by atoms with Crippen LogP contribution in [0.5, 0.6) is 0 Å². The minimum absolute atomic E-state index is 0.129. The summed E-state index contributed by atoms with van der Waals surface area (Å²) in [5, 5.41) is 35.0. The molecule has 0 amide bonds. The highest BCUT2D eigenvalue weighted by Gasteiger charge is 2.37. The van der Waals surface area contributed by atoms with Crippen LogP contribution in [0.15, 0.2) is 61.2 Å². The van der Waals surface area contributed by atoms with E-state index in [-0.39, 0.29) is 23.0 Å². The van der Waals surface area contributed by atoms with Crippen LogP contribution in [0.3, 0.4) is 0 Å². The first-order chi connectivity index (χ1) is 24.9. The molecule has 20 heteroatoms. The number of hydrogen-bond donors (Lipinski definition) is 4. The number of nitrogens with one attached hydrogen (secondary N) is 2. The van der Waals surface area contributed by atoms with Crippen molar-refractivity contribution in [2.75, 3.05) is 10.6 Å². The Morgan fingerprint density at radius 1 is 0.593 bits per heavy atom. The Morgan fingerprint density at radius 3 is 1.24 bits per heavy atom. The van der Waals surface area contributed by atoms with Gasteiger partial charge in [0.05, 0.1) is 34.4 Å². The fourth-order valence-corrected chi connectivity index (χ4v) is 5.55. The Hall–Kier alpha value is -5.50. The first-order valence-electron chi connectivity index (χ1n) is 16.0. The highest BCUT2D eigenvalue weighted by atomic mass is 19.4. The molecule has 288 valence electrons. The number of rotatable bonds is 8. The number of aryl methyl sites for hydroxylation is 2. The lowest BCUT2D eigenvalue weighted by Gasteiger charge is -2.31. The van der Waals surface area contributed by atoms with Crippen molar-refractivity contribution in [2.45, 2.75) is 77.2 Å². The number of aliphatic hydroxyl groups is 2. The van der Waals surface area contributed by atoms with Crippen molar-refractivity contribution < 1.29 is 45.3 Å². The van der Waals surface area contributed by atoms with Gasteiger partial charge in [-0.2, -0.15) is 45.6 Å². The molecule has 0 unspecified atom stereocenters. The average Bonchev–Trinajstić information content (AvgIpc) is 3.70. The lowest BCUT2D eigenvalue weighted by molar-refractivity contribution is -0.140. The van der Waals surface area contributed by atoms with Gasteiger partial charge in [-0.25, -0.2) is 28.7 Å². The van der Waals surface area contributed by atoms with E-state index in [4.69, 9.17) is 0 Å². The van der Waals surface area contributed by atoms with Gasteiger partial charge in [0.25, 0.3) is 0 Å². The number of nitrogens with zero attached hydrogens (tertiary/aromatic N) is 8. The number of halogens is 8. The molecule has 4 heterocycles. The Balaban J connectivity index is 0.000000208. The smallest absolute Gasteiger partial charge is 0.388 e. The summed E-state index contributed by atoms with van der Waals surface area (Å²) < 4.78 is 108. The van der Waals surface area contributed by atoms with Crippen LogP contribution in [-0.2, 0) is 12.4 Å². The molecule has 0 aliphatic heterocycles. The monoisotopic (exact) mass is 766 g/mol. The maximum Gasteiger partial charge on any atom is 0.419 e. The first-order valence-corrected chi connectivity index (χ1v) is 16.0. The van der Waals surface area contributed by atoms with Crippen LogP contribution in [0.2, 0.25) is 0 Å². The highest BCUT2D eigenvalue weighted by molar-refractivity contribution is 5.48. The molecule has 0 fully saturated rings. The normalized spacial score (nSPS) is 13.8. The predicted molar refractivity (Wildman–Crippen MR) is 179 cm³/mol. The summed E-state index contributed by atoms with van der Waals surface area (Å²) >= 11 is 0. The van der Waals surface area contributed by atoms with E-state index in [1.54, 1.807) is 26.0 Å². The molecule has 6 aromatic rings. The Bertz CT molecular complexity index is 2110. The minimum atomic E-state index is -4.80. The van der Waals surface area contributed by atoms with Crippen LogP contribution >= 0.6 is 0 Å². The number of alkyl halides is 6. The maximum absolute atomic E-state index is 14.0. The second kappa shape index (κ2) is 14.4. The van der Waals surface area contributed by atoms with E-state index in [0.29, 0.717) is 34.8 Å². The van der Waals surface area contributed by atoms with Gasteiger partial charge in [-0.3, -0.25) is 0 Å². The molecule has 0 saturated carbocycles. The highest BCUT2D eigenvalue weighted by Crippen LogP contribution is 2.37. The fourth-order valence-electron chi connectivity index (χ4n) is 5.55. The van der Waals surface area contributed by atoms with E-state index in [2.05, 4.69) is 40.8 Å². The van der Waals surface area contributed by atoms with E-state index in [1.807, 2.05) is 0 Å². The molecule has 2 aromatic carbocycles. The van der Waals surface area contributed by atoms with Crippen molar-refractivity contribution >= 4 is 23.2 Å². The lowest BCUT2D eigenvalue weighted by Crippen LogP contribution is -2.35. The van der Waals surface area contributed by atoms with Crippen molar-refractivity contribution in [1.29, 1.82) is 0 Å². The van der Waals surface area contributed by atoms with Crippen LogP contribution in [-0.4, -0.2) is 60.6 Å². The molecule has 12 nitrogen and oxygen atoms in total. The van der Waals surface area contributed by atoms with E-state index in [9.17, 15) is 45.3 Å². The molecule has 0 spiro atoms. The second-order valence-electron chi connectivity index (χ2n) is 13.4. The van der Waals surface area contributed by atoms with E-state index in [1.165, 1.54) is 49.4 Å². The maximum atomic E-state index is 14.0. The van der Waals surface area contributed by atoms with Gasteiger partial charge in [0.1, 0.15) is 24.3 Å². The van der Waals surface area contributed by atoms with Crippen molar-refractivity contribution in [1.82, 2.24) is 39.2 Å². The van der Waals surface area contributed by atoms with Crippen molar-refractivity contribution in [2.24, 2.45) is 0 Å². The lowest BCUT2D eigenvalue weighted by atomic mass is 9.91. The standard InChI is InChI=1S/2C17H17F4N5O/c2*1-9-6-13-22-8-23-26(13)15(24-9)25-14(16(2,3)27)10-4-5-11(12(18)7-10)17(19,20)21/h2*4-8,14,27H,1-3H3,(H,24,25)/t2*14-/m10/s1. The summed E-state index contributed by atoms with van der Waals surface area (Å²) in [5.74, 6) is -2.40. The summed E-state index contributed by atoms with van der Waals surface area (Å²) in [5.41, 5.74) is -3.15. The molecule has 0 saturated heterocycles. The minimum Gasteiger partial charge on any atom is -0.388 e. The number of aromatic nitrogens is 8. The number of hydrogen-bond acceptors (Lipinski definition) is 10. The topological polar surface area (TPSA) is 151 Å². The zero-order valence-electron chi connectivity index (χ0n) is 29.4. The second-order valence-corrected chi connectivity index (χ2v) is 13.4. The summed E-state index contributed by atoms with van der Waals surface area (Å²) in [4.78, 5) is 16.7. The first kappa shape index (κ1) is 39.7. The molecule has 54 heavy (non-hydrogen) atoms. The van der Waals surface area contributed by atoms with Gasteiger partial charge in [-0.05, 0) is 76.9 Å². The van der Waals surface area contributed by atoms with Crippen LogP contribution in [0.25, 0.3) is 11.3 Å². The van der Waals surface area contributed by atoms with Gasteiger partial charge in [0.2, 0.25) is 11.9 Å². The van der Waals surface area contributed by atoms with Crippen molar-refractivity contribution in [3.63, 3.8) is 0 Å². The van der Waals surface area contributed by atoms with Crippen molar-refractivity contribution in [3.05, 3.63) is 106 Å². The SMILES string of the molecule is Cc1cc2ncnn2c(N[C@@H](c2ccc(C(F)(F)F)c(F)c2)C(C)(C)O)n1.Cc1cc2ncnn2c(N[C@H](c2ccc(C(F)(F)F)c(F)c2)C(C)(C)O)n1. The van der Waals surface area contributed by atoms with Gasteiger partial charge in [-0.1, -0.05) is 12.1 Å². The van der Waals surface area contributed by atoms with Crippen molar-refractivity contribution in [3.8, 4) is 0 Å². The molecule has 2 atom stereocenters. The third-order valence-corrected chi connectivity index (χ3v) is 8.01. The molecule has 0 aliphatic carbocycles. The van der Waals surface area contributed by atoms with Crippen LogP contribution in [0.1, 0.15) is 73.4 Å². The van der Waals surface area contributed by atoms with E-state index < -0.39 is 58.4 Å². The molecule has 0 aliphatic rings. The molecule has 4 N–H and O–H groups in total. The summed E-state index contributed by atoms with van der Waals surface area (Å²) in [6.07, 6.45) is -6.96. The zero-order valence-corrected chi connectivity index (χ0v) is 29.4.